The monoisotopic (exact) mass is 473 g/mol. The number of nitriles is 1. The second-order valence-corrected chi connectivity index (χ2v) is 10.0. The summed E-state index contributed by atoms with van der Waals surface area (Å²) in [6.45, 7) is 2.12. The standard InChI is InChI=1S/C25H19N3O5S/c1-14-4-7-17(8-5-14)34(31,32)28-20-9-6-15(12-26)10-18(20)22-21-16(13-27(2)24(21)29)11-19(23(22)28)25(30)33-3/h4-11H,13H2,1-3H3. The summed E-state index contributed by atoms with van der Waals surface area (Å²) < 4.78 is 34.0. The number of carbonyl (C=O) groups excluding carboxylic acids is 2. The van der Waals surface area contributed by atoms with Gasteiger partial charge in [-0.2, -0.15) is 5.26 Å². The highest BCUT2D eigenvalue weighted by molar-refractivity contribution is 7.90. The molecule has 1 aliphatic rings. The van der Waals surface area contributed by atoms with Crippen molar-refractivity contribution >= 4 is 43.7 Å². The molecule has 0 bridgehead atoms. The normalized spacial score (nSPS) is 13.4. The Balaban J connectivity index is 2.05. The van der Waals surface area contributed by atoms with Crippen molar-refractivity contribution < 1.29 is 22.7 Å². The number of nitrogens with zero attached hydrogens (tertiary/aromatic N) is 3. The molecule has 0 unspecified atom stereocenters. The van der Waals surface area contributed by atoms with Gasteiger partial charge < -0.3 is 9.64 Å². The summed E-state index contributed by atoms with van der Waals surface area (Å²) in [7, 11) is -1.35. The summed E-state index contributed by atoms with van der Waals surface area (Å²) in [6.07, 6.45) is 0. The molecule has 0 N–H and O–H groups in total. The summed E-state index contributed by atoms with van der Waals surface area (Å²) in [6, 6.07) is 14.5. The number of hydrogen-bond acceptors (Lipinski definition) is 6. The van der Waals surface area contributed by atoms with E-state index in [2.05, 4.69) is 6.07 Å². The SMILES string of the molecule is COC(=O)c1cc2c(c3c4cc(C#N)ccc4n(S(=O)(=O)c4ccc(C)cc4)c13)C(=O)N(C)C2. The molecular formula is C25H19N3O5S. The third kappa shape index (κ3) is 2.92. The fraction of sp³-hybridized carbons (Fsp3) is 0.160. The minimum absolute atomic E-state index is 0.0287. The largest absolute Gasteiger partial charge is 0.465 e. The molecule has 0 spiro atoms. The zero-order valence-electron chi connectivity index (χ0n) is 18.6. The summed E-state index contributed by atoms with van der Waals surface area (Å²) in [4.78, 5) is 27.5. The van der Waals surface area contributed by atoms with E-state index in [9.17, 15) is 23.3 Å². The topological polar surface area (TPSA) is 109 Å². The predicted molar refractivity (Wildman–Crippen MR) is 125 cm³/mol. The molecule has 0 saturated carbocycles. The van der Waals surface area contributed by atoms with Gasteiger partial charge in [0.2, 0.25) is 0 Å². The van der Waals surface area contributed by atoms with E-state index in [1.807, 2.05) is 6.92 Å². The number of methoxy groups -OCH3 is 1. The molecule has 0 atom stereocenters. The van der Waals surface area contributed by atoms with Crippen LogP contribution in [0.25, 0.3) is 21.8 Å². The second kappa shape index (κ2) is 7.43. The number of aryl methyl sites for hydroxylation is 1. The third-order valence-electron chi connectivity index (χ3n) is 6.13. The average molecular weight is 474 g/mol. The lowest BCUT2D eigenvalue weighted by Crippen LogP contribution is -2.17. The van der Waals surface area contributed by atoms with Crippen molar-refractivity contribution in [1.29, 1.82) is 5.26 Å². The molecule has 0 fully saturated rings. The lowest BCUT2D eigenvalue weighted by atomic mass is 9.98. The van der Waals surface area contributed by atoms with E-state index in [4.69, 9.17) is 4.74 Å². The molecular weight excluding hydrogens is 454 g/mol. The maximum Gasteiger partial charge on any atom is 0.340 e. The highest BCUT2D eigenvalue weighted by Crippen LogP contribution is 2.41. The minimum atomic E-state index is -4.20. The fourth-order valence-corrected chi connectivity index (χ4v) is 6.06. The van der Waals surface area contributed by atoms with Crippen LogP contribution in [0.15, 0.2) is 53.4 Å². The maximum absolute atomic E-state index is 13.9. The minimum Gasteiger partial charge on any atom is -0.465 e. The Morgan fingerprint density at radius 1 is 1.12 bits per heavy atom. The molecule has 5 rings (SSSR count). The molecule has 1 aromatic heterocycles. The van der Waals surface area contributed by atoms with Crippen LogP contribution in [0, 0.1) is 18.3 Å². The first-order valence-electron chi connectivity index (χ1n) is 10.4. The van der Waals surface area contributed by atoms with E-state index in [1.165, 1.54) is 42.3 Å². The molecule has 9 heteroatoms. The number of carbonyl (C=O) groups is 2. The third-order valence-corrected chi connectivity index (χ3v) is 7.86. The Kier molecular flexibility index (Phi) is 4.74. The molecule has 34 heavy (non-hydrogen) atoms. The van der Waals surface area contributed by atoms with E-state index in [0.29, 0.717) is 27.5 Å². The molecule has 0 radical (unpaired) electrons. The van der Waals surface area contributed by atoms with Gasteiger partial charge in [-0.05, 0) is 48.9 Å². The molecule has 1 amide bonds. The van der Waals surface area contributed by atoms with Crippen LogP contribution in [0.2, 0.25) is 0 Å². The predicted octanol–water partition coefficient (Wildman–Crippen LogP) is 3.58. The fourth-order valence-electron chi connectivity index (χ4n) is 4.52. The van der Waals surface area contributed by atoms with Crippen LogP contribution < -0.4 is 0 Å². The van der Waals surface area contributed by atoms with E-state index in [1.54, 1.807) is 25.2 Å². The summed E-state index contributed by atoms with van der Waals surface area (Å²) >= 11 is 0. The van der Waals surface area contributed by atoms with Crippen LogP contribution in [0.4, 0.5) is 0 Å². The van der Waals surface area contributed by atoms with Crippen molar-refractivity contribution in [2.45, 2.75) is 18.4 Å². The van der Waals surface area contributed by atoms with Crippen molar-refractivity contribution in [2.24, 2.45) is 0 Å². The molecule has 1 aliphatic heterocycles. The van der Waals surface area contributed by atoms with Crippen LogP contribution >= 0.6 is 0 Å². The van der Waals surface area contributed by atoms with Gasteiger partial charge in [-0.15, -0.1) is 0 Å². The van der Waals surface area contributed by atoms with Gasteiger partial charge in [-0.1, -0.05) is 17.7 Å². The van der Waals surface area contributed by atoms with Crippen molar-refractivity contribution in [3.05, 3.63) is 76.3 Å². The van der Waals surface area contributed by atoms with Crippen LogP contribution in [0.1, 0.15) is 37.4 Å². The van der Waals surface area contributed by atoms with Gasteiger partial charge in [0.05, 0.1) is 45.8 Å². The molecule has 3 aromatic carbocycles. The van der Waals surface area contributed by atoms with Crippen molar-refractivity contribution in [2.75, 3.05) is 14.2 Å². The first-order chi connectivity index (χ1) is 16.2. The zero-order valence-corrected chi connectivity index (χ0v) is 19.4. The molecule has 8 nitrogen and oxygen atoms in total. The van der Waals surface area contributed by atoms with Crippen LogP contribution in [0.5, 0.6) is 0 Å². The van der Waals surface area contributed by atoms with Gasteiger partial charge >= 0.3 is 5.97 Å². The Morgan fingerprint density at radius 3 is 2.47 bits per heavy atom. The smallest absolute Gasteiger partial charge is 0.340 e. The van der Waals surface area contributed by atoms with Crippen molar-refractivity contribution in [3.8, 4) is 6.07 Å². The van der Waals surface area contributed by atoms with Crippen molar-refractivity contribution in [1.82, 2.24) is 8.87 Å². The number of aromatic nitrogens is 1. The van der Waals surface area contributed by atoms with Crippen LogP contribution in [0.3, 0.4) is 0 Å². The quantitative estimate of drug-likeness (QED) is 0.421. The Hall–Kier alpha value is -4.16. The first-order valence-corrected chi connectivity index (χ1v) is 11.8. The highest BCUT2D eigenvalue weighted by Gasteiger charge is 2.35. The number of fused-ring (bicyclic) bond motifs is 5. The van der Waals surface area contributed by atoms with E-state index in [-0.39, 0.29) is 33.9 Å². The Labute approximate surface area is 195 Å². The summed E-state index contributed by atoms with van der Waals surface area (Å²) in [5.74, 6) is -1.01. The maximum atomic E-state index is 13.9. The molecule has 170 valence electrons. The summed E-state index contributed by atoms with van der Waals surface area (Å²) in [5, 5.41) is 10.2. The number of benzene rings is 3. The van der Waals surface area contributed by atoms with Gasteiger partial charge in [0.1, 0.15) is 0 Å². The number of hydrogen-bond donors (Lipinski definition) is 0. The zero-order chi connectivity index (χ0) is 24.4. The Bertz CT molecular complexity index is 1690. The van der Waals surface area contributed by atoms with E-state index in [0.717, 1.165) is 9.54 Å². The number of esters is 1. The van der Waals surface area contributed by atoms with Gasteiger partial charge in [-0.25, -0.2) is 17.2 Å². The summed E-state index contributed by atoms with van der Waals surface area (Å²) in [5.41, 5.74) is 2.45. The van der Waals surface area contributed by atoms with Crippen molar-refractivity contribution in [3.63, 3.8) is 0 Å². The molecule has 0 aliphatic carbocycles. The van der Waals surface area contributed by atoms with Gasteiger partial charge in [-0.3, -0.25) is 4.79 Å². The first kappa shape index (κ1) is 21.7. The van der Waals surface area contributed by atoms with Gasteiger partial charge in [0.25, 0.3) is 15.9 Å². The van der Waals surface area contributed by atoms with Gasteiger partial charge in [0.15, 0.2) is 0 Å². The number of rotatable bonds is 3. The number of ether oxygens (including phenoxy) is 1. The van der Waals surface area contributed by atoms with Gasteiger partial charge in [0, 0.05) is 24.4 Å². The van der Waals surface area contributed by atoms with E-state index >= 15 is 0 Å². The van der Waals surface area contributed by atoms with Crippen LogP contribution in [-0.4, -0.2) is 43.3 Å². The molecule has 4 aromatic rings. The molecule has 2 heterocycles. The second-order valence-electron chi connectivity index (χ2n) is 8.26. The van der Waals surface area contributed by atoms with E-state index < -0.39 is 16.0 Å². The molecule has 0 saturated heterocycles. The lowest BCUT2D eigenvalue weighted by molar-refractivity contribution is 0.0602. The lowest BCUT2D eigenvalue weighted by Gasteiger charge is -2.12. The Morgan fingerprint density at radius 2 is 1.82 bits per heavy atom. The highest BCUT2D eigenvalue weighted by atomic mass is 32.2. The average Bonchev–Trinajstić information content (AvgIpc) is 3.31. The van der Waals surface area contributed by atoms with Crippen LogP contribution in [-0.2, 0) is 21.3 Å². The number of amides is 1.